The fourth-order valence-electron chi connectivity index (χ4n) is 3.10. The van der Waals surface area contributed by atoms with Crippen molar-refractivity contribution in [1.82, 2.24) is 15.1 Å². The number of nitrogens with zero attached hydrogens (tertiary/aromatic N) is 3. The van der Waals surface area contributed by atoms with E-state index in [4.69, 9.17) is 9.84 Å². The summed E-state index contributed by atoms with van der Waals surface area (Å²) in [5.74, 6) is 1.36. The van der Waals surface area contributed by atoms with Crippen LogP contribution in [0.3, 0.4) is 0 Å². The van der Waals surface area contributed by atoms with Gasteiger partial charge in [0.1, 0.15) is 5.69 Å². The fraction of sp³-hybridized carbons (Fsp3) is 0.733. The number of carbonyl (C=O) groups excluding carboxylic acids is 1. The van der Waals surface area contributed by atoms with Crippen molar-refractivity contribution in [2.24, 2.45) is 5.92 Å². The van der Waals surface area contributed by atoms with Crippen LogP contribution >= 0.6 is 0 Å². The molecule has 0 bridgehead atoms. The molecule has 1 N–H and O–H groups in total. The molecule has 0 saturated carbocycles. The Bertz CT molecular complexity index is 528. The highest BCUT2D eigenvalue weighted by Gasteiger charge is 2.32. The zero-order valence-corrected chi connectivity index (χ0v) is 13.0. The predicted octanol–water partition coefficient (Wildman–Crippen LogP) is 1.44. The van der Waals surface area contributed by atoms with Crippen LogP contribution in [0.4, 0.5) is 5.82 Å². The summed E-state index contributed by atoms with van der Waals surface area (Å²) in [7, 11) is 0. The second-order valence-corrected chi connectivity index (χ2v) is 6.11. The van der Waals surface area contributed by atoms with E-state index >= 15 is 0 Å². The predicted molar refractivity (Wildman–Crippen MR) is 80.7 cm³/mol. The number of rotatable bonds is 3. The lowest BCUT2D eigenvalue weighted by molar-refractivity contribution is 0.0893. The average molecular weight is 292 g/mol. The molecular formula is C15H24N4O2. The summed E-state index contributed by atoms with van der Waals surface area (Å²) in [4.78, 5) is 14.3. The molecular weight excluding hydrogens is 268 g/mol. The molecule has 1 aromatic rings. The Balaban J connectivity index is 1.93. The fourth-order valence-corrected chi connectivity index (χ4v) is 3.10. The van der Waals surface area contributed by atoms with E-state index in [1.54, 1.807) is 0 Å². The van der Waals surface area contributed by atoms with Gasteiger partial charge in [-0.25, -0.2) is 0 Å². The van der Waals surface area contributed by atoms with Crippen molar-refractivity contribution in [2.75, 3.05) is 31.2 Å². The first-order valence-electron chi connectivity index (χ1n) is 7.84. The molecule has 3 atom stereocenters. The minimum atomic E-state index is -0.0192. The third-order valence-electron chi connectivity index (χ3n) is 4.70. The maximum absolute atomic E-state index is 12.1. The van der Waals surface area contributed by atoms with E-state index in [0.29, 0.717) is 37.4 Å². The van der Waals surface area contributed by atoms with Gasteiger partial charge < -0.3 is 15.0 Å². The minimum absolute atomic E-state index is 0.0192. The number of ether oxygens (including phenoxy) is 1. The van der Waals surface area contributed by atoms with Crippen LogP contribution in [0, 0.1) is 5.92 Å². The molecule has 1 fully saturated rings. The van der Waals surface area contributed by atoms with Crippen LogP contribution < -0.4 is 10.2 Å². The highest BCUT2D eigenvalue weighted by molar-refractivity contribution is 5.94. The second-order valence-electron chi connectivity index (χ2n) is 6.11. The quantitative estimate of drug-likeness (QED) is 0.916. The molecule has 0 aromatic carbocycles. The molecule has 0 radical (unpaired) electrons. The van der Waals surface area contributed by atoms with E-state index in [9.17, 15) is 4.79 Å². The van der Waals surface area contributed by atoms with Crippen LogP contribution in [0.25, 0.3) is 0 Å². The summed E-state index contributed by atoms with van der Waals surface area (Å²) < 4.78 is 7.41. The van der Waals surface area contributed by atoms with Gasteiger partial charge in [-0.2, -0.15) is 5.10 Å². The maximum Gasteiger partial charge on any atom is 0.269 e. The Hall–Kier alpha value is -1.56. The van der Waals surface area contributed by atoms with Gasteiger partial charge in [0.2, 0.25) is 0 Å². The summed E-state index contributed by atoms with van der Waals surface area (Å²) >= 11 is 0. The van der Waals surface area contributed by atoms with Gasteiger partial charge in [0, 0.05) is 19.2 Å². The summed E-state index contributed by atoms with van der Waals surface area (Å²) in [5, 5.41) is 7.74. The van der Waals surface area contributed by atoms with Crippen molar-refractivity contribution < 1.29 is 9.53 Å². The van der Waals surface area contributed by atoms with Gasteiger partial charge in [-0.15, -0.1) is 0 Å². The topological polar surface area (TPSA) is 59.4 Å². The third kappa shape index (κ3) is 2.52. The molecule has 1 amide bonds. The number of hydrogen-bond donors (Lipinski definition) is 1. The van der Waals surface area contributed by atoms with Gasteiger partial charge in [-0.1, -0.05) is 20.3 Å². The highest BCUT2D eigenvalue weighted by atomic mass is 16.5. The summed E-state index contributed by atoms with van der Waals surface area (Å²) in [6.45, 7) is 9.44. The molecule has 3 rings (SSSR count). The van der Waals surface area contributed by atoms with Gasteiger partial charge in [0.25, 0.3) is 5.91 Å². The Labute approximate surface area is 125 Å². The van der Waals surface area contributed by atoms with Crippen molar-refractivity contribution in [3.63, 3.8) is 0 Å². The minimum Gasteiger partial charge on any atom is -0.377 e. The van der Waals surface area contributed by atoms with E-state index in [0.717, 1.165) is 18.8 Å². The van der Waals surface area contributed by atoms with E-state index in [1.807, 2.05) is 10.7 Å². The Morgan fingerprint density at radius 2 is 2.38 bits per heavy atom. The van der Waals surface area contributed by atoms with Crippen molar-refractivity contribution in [3.8, 4) is 0 Å². The molecule has 6 heteroatoms. The van der Waals surface area contributed by atoms with Crippen molar-refractivity contribution in [1.29, 1.82) is 0 Å². The smallest absolute Gasteiger partial charge is 0.269 e. The molecule has 1 saturated heterocycles. The number of carbonyl (C=O) groups is 1. The molecule has 2 aliphatic rings. The Kier molecular flexibility index (Phi) is 3.89. The lowest BCUT2D eigenvalue weighted by Crippen LogP contribution is -2.44. The summed E-state index contributed by atoms with van der Waals surface area (Å²) in [6.07, 6.45) is 1.07. The van der Waals surface area contributed by atoms with Crippen molar-refractivity contribution >= 4 is 11.7 Å². The number of aromatic nitrogens is 2. The van der Waals surface area contributed by atoms with Gasteiger partial charge in [0.05, 0.1) is 25.3 Å². The molecule has 21 heavy (non-hydrogen) atoms. The molecule has 2 aliphatic heterocycles. The number of fused-ring (bicyclic) bond motifs is 1. The maximum atomic E-state index is 12.1. The number of anilines is 1. The molecule has 0 aliphatic carbocycles. The monoisotopic (exact) mass is 292 g/mol. The van der Waals surface area contributed by atoms with Gasteiger partial charge >= 0.3 is 0 Å². The molecule has 0 unspecified atom stereocenters. The lowest BCUT2D eigenvalue weighted by Gasteiger charge is -2.33. The molecule has 3 heterocycles. The zero-order chi connectivity index (χ0) is 15.0. The van der Waals surface area contributed by atoms with Gasteiger partial charge in [-0.3, -0.25) is 9.48 Å². The van der Waals surface area contributed by atoms with Crippen LogP contribution in [0.2, 0.25) is 0 Å². The third-order valence-corrected chi connectivity index (χ3v) is 4.70. The first kappa shape index (κ1) is 14.4. The normalized spacial score (nSPS) is 27.2. The van der Waals surface area contributed by atoms with Gasteiger partial charge in [-0.05, 0) is 12.8 Å². The number of hydrogen-bond acceptors (Lipinski definition) is 4. The zero-order valence-electron chi connectivity index (χ0n) is 13.0. The van der Waals surface area contributed by atoms with Gasteiger partial charge in [0.15, 0.2) is 5.82 Å². The standard InChI is InChI=1S/C15H24N4O2/c1-4-10(2)13-8-16-15(20)12-7-14(17-19(12)13)18-5-6-21-9-11(18)3/h7,10-11,13H,4-6,8-9H2,1-3H3,(H,16,20)/t10-,11-,13-/m1/s1. The van der Waals surface area contributed by atoms with Crippen LogP contribution in [0.1, 0.15) is 43.7 Å². The van der Waals surface area contributed by atoms with E-state index in [-0.39, 0.29) is 11.9 Å². The first-order valence-corrected chi connectivity index (χ1v) is 7.84. The number of amides is 1. The van der Waals surface area contributed by atoms with Crippen molar-refractivity contribution in [2.45, 2.75) is 39.3 Å². The molecule has 6 nitrogen and oxygen atoms in total. The number of nitrogens with one attached hydrogen (secondary N) is 1. The highest BCUT2D eigenvalue weighted by Crippen LogP contribution is 2.28. The molecule has 1 aromatic heterocycles. The van der Waals surface area contributed by atoms with Crippen LogP contribution in [0.15, 0.2) is 6.07 Å². The summed E-state index contributed by atoms with van der Waals surface area (Å²) in [5.41, 5.74) is 0.681. The largest absolute Gasteiger partial charge is 0.377 e. The van der Waals surface area contributed by atoms with E-state index in [1.165, 1.54) is 0 Å². The average Bonchev–Trinajstić information content (AvgIpc) is 2.93. The van der Waals surface area contributed by atoms with E-state index in [2.05, 4.69) is 31.0 Å². The molecule has 116 valence electrons. The lowest BCUT2D eigenvalue weighted by atomic mass is 9.98. The SMILES string of the molecule is CC[C@@H](C)[C@H]1CNC(=O)c2cc(N3CCOC[C@H]3C)nn21. The molecule has 0 spiro atoms. The van der Waals surface area contributed by atoms with Crippen LogP contribution in [-0.4, -0.2) is 48.0 Å². The van der Waals surface area contributed by atoms with E-state index < -0.39 is 0 Å². The number of morpholine rings is 1. The Morgan fingerprint density at radius 1 is 1.57 bits per heavy atom. The first-order chi connectivity index (χ1) is 10.1. The summed E-state index contributed by atoms with van der Waals surface area (Å²) in [6, 6.07) is 2.46. The second kappa shape index (κ2) is 5.67. The van der Waals surface area contributed by atoms with Crippen LogP contribution in [0.5, 0.6) is 0 Å². The van der Waals surface area contributed by atoms with Crippen molar-refractivity contribution in [3.05, 3.63) is 11.8 Å². The Morgan fingerprint density at radius 3 is 3.10 bits per heavy atom. The van der Waals surface area contributed by atoms with Crippen LogP contribution in [-0.2, 0) is 4.74 Å².